The van der Waals surface area contributed by atoms with Crippen LogP contribution >= 0.6 is 0 Å². The molecule has 1 unspecified atom stereocenters. The standard InChI is InChI=1S/C8H18N4O2/c1-2-14-7(13)6(9)4-3-5-12-8(10)11/h6H,2-5,9H2,1H3,(H4,10,11,12). The molecule has 0 amide bonds. The first-order valence-electron chi connectivity index (χ1n) is 4.55. The second-order valence-corrected chi connectivity index (χ2v) is 2.81. The van der Waals surface area contributed by atoms with Gasteiger partial charge < -0.3 is 21.9 Å². The van der Waals surface area contributed by atoms with E-state index in [4.69, 9.17) is 21.9 Å². The minimum Gasteiger partial charge on any atom is -0.465 e. The lowest BCUT2D eigenvalue weighted by Gasteiger charge is -2.08. The van der Waals surface area contributed by atoms with E-state index in [-0.39, 0.29) is 11.9 Å². The summed E-state index contributed by atoms with van der Waals surface area (Å²) < 4.78 is 4.73. The molecule has 1 atom stereocenters. The summed E-state index contributed by atoms with van der Waals surface area (Å²) in [5, 5.41) is 0. The Hall–Kier alpha value is -1.30. The highest BCUT2D eigenvalue weighted by molar-refractivity contribution is 5.76. The molecular weight excluding hydrogens is 184 g/mol. The highest BCUT2D eigenvalue weighted by Gasteiger charge is 2.13. The van der Waals surface area contributed by atoms with E-state index in [0.29, 0.717) is 26.0 Å². The third-order valence-corrected chi connectivity index (χ3v) is 1.56. The van der Waals surface area contributed by atoms with Crippen LogP contribution in [0.3, 0.4) is 0 Å². The van der Waals surface area contributed by atoms with Crippen LogP contribution in [-0.4, -0.2) is 31.1 Å². The number of esters is 1. The highest BCUT2D eigenvalue weighted by Crippen LogP contribution is 1.97. The van der Waals surface area contributed by atoms with Crippen molar-refractivity contribution < 1.29 is 9.53 Å². The summed E-state index contributed by atoms with van der Waals surface area (Å²) in [6.45, 7) is 2.57. The first kappa shape index (κ1) is 12.7. The quantitative estimate of drug-likeness (QED) is 0.219. The number of nitrogens with zero attached hydrogens (tertiary/aromatic N) is 1. The SMILES string of the molecule is CCOC(=O)C(N)CCCN=C(N)N. The molecular formula is C8H18N4O2. The van der Waals surface area contributed by atoms with Crippen LogP contribution in [0.1, 0.15) is 19.8 Å². The van der Waals surface area contributed by atoms with Crippen molar-refractivity contribution in [1.29, 1.82) is 0 Å². The molecule has 6 heteroatoms. The number of hydrogen-bond acceptors (Lipinski definition) is 4. The predicted molar refractivity (Wildman–Crippen MR) is 54.5 cm³/mol. The van der Waals surface area contributed by atoms with Crippen LogP contribution in [-0.2, 0) is 9.53 Å². The van der Waals surface area contributed by atoms with Gasteiger partial charge in [0.2, 0.25) is 0 Å². The minimum absolute atomic E-state index is 0.0507. The summed E-state index contributed by atoms with van der Waals surface area (Å²) in [5.41, 5.74) is 15.8. The molecule has 6 nitrogen and oxygen atoms in total. The Morgan fingerprint density at radius 1 is 1.50 bits per heavy atom. The maximum Gasteiger partial charge on any atom is 0.322 e. The number of carbonyl (C=O) groups excluding carboxylic acids is 1. The summed E-state index contributed by atoms with van der Waals surface area (Å²) in [5.74, 6) is -0.327. The molecule has 0 heterocycles. The molecule has 0 saturated heterocycles. The summed E-state index contributed by atoms with van der Waals surface area (Å²) >= 11 is 0. The van der Waals surface area contributed by atoms with Crippen LogP contribution < -0.4 is 17.2 Å². The summed E-state index contributed by atoms with van der Waals surface area (Å²) in [4.78, 5) is 14.8. The molecule has 0 fully saturated rings. The number of carbonyl (C=O) groups is 1. The summed E-state index contributed by atoms with van der Waals surface area (Å²) in [6.07, 6.45) is 1.19. The Balaban J connectivity index is 3.58. The van der Waals surface area contributed by atoms with Gasteiger partial charge in [0.15, 0.2) is 5.96 Å². The first-order chi connectivity index (χ1) is 6.57. The van der Waals surface area contributed by atoms with E-state index in [0.717, 1.165) is 0 Å². The second kappa shape index (κ2) is 7.14. The van der Waals surface area contributed by atoms with Gasteiger partial charge in [0.05, 0.1) is 6.61 Å². The topological polar surface area (TPSA) is 117 Å². The lowest BCUT2D eigenvalue weighted by molar-refractivity contribution is -0.144. The van der Waals surface area contributed by atoms with Gasteiger partial charge in [-0.1, -0.05) is 0 Å². The van der Waals surface area contributed by atoms with Crippen LogP contribution in [0.15, 0.2) is 4.99 Å². The number of nitrogens with two attached hydrogens (primary N) is 3. The maximum absolute atomic E-state index is 11.0. The molecule has 0 spiro atoms. The van der Waals surface area contributed by atoms with Crippen LogP contribution in [0.4, 0.5) is 0 Å². The second-order valence-electron chi connectivity index (χ2n) is 2.81. The Bertz CT molecular complexity index is 202. The minimum atomic E-state index is -0.579. The molecule has 0 bridgehead atoms. The number of hydrogen-bond donors (Lipinski definition) is 3. The van der Waals surface area contributed by atoms with Gasteiger partial charge in [0.25, 0.3) is 0 Å². The fraction of sp³-hybridized carbons (Fsp3) is 0.750. The number of guanidine groups is 1. The van der Waals surface area contributed by atoms with Gasteiger partial charge in [0, 0.05) is 6.54 Å². The molecule has 6 N–H and O–H groups in total. The van der Waals surface area contributed by atoms with Crippen molar-refractivity contribution in [2.45, 2.75) is 25.8 Å². The fourth-order valence-electron chi connectivity index (χ4n) is 0.887. The van der Waals surface area contributed by atoms with Gasteiger partial charge in [-0.2, -0.15) is 0 Å². The number of ether oxygens (including phenoxy) is 1. The van der Waals surface area contributed by atoms with Gasteiger partial charge in [-0.05, 0) is 19.8 Å². The van der Waals surface area contributed by atoms with Crippen LogP contribution in [0.25, 0.3) is 0 Å². The Kier molecular flexibility index (Phi) is 6.47. The zero-order chi connectivity index (χ0) is 11.0. The molecule has 0 aromatic heterocycles. The van der Waals surface area contributed by atoms with Crippen molar-refractivity contribution in [1.82, 2.24) is 0 Å². The zero-order valence-corrected chi connectivity index (χ0v) is 8.40. The highest BCUT2D eigenvalue weighted by atomic mass is 16.5. The van der Waals surface area contributed by atoms with Crippen molar-refractivity contribution in [3.8, 4) is 0 Å². The largest absolute Gasteiger partial charge is 0.465 e. The molecule has 0 aromatic carbocycles. The van der Waals surface area contributed by atoms with E-state index in [2.05, 4.69) is 4.99 Å². The predicted octanol–water partition coefficient (Wildman–Crippen LogP) is -1.07. The van der Waals surface area contributed by atoms with Crippen molar-refractivity contribution in [3.05, 3.63) is 0 Å². The van der Waals surface area contributed by atoms with E-state index < -0.39 is 6.04 Å². The monoisotopic (exact) mass is 202 g/mol. The number of aliphatic imine (C=N–C) groups is 1. The molecule has 0 saturated carbocycles. The Labute approximate surface area is 83.5 Å². The molecule has 14 heavy (non-hydrogen) atoms. The van der Waals surface area contributed by atoms with Gasteiger partial charge in [-0.15, -0.1) is 0 Å². The normalized spacial score (nSPS) is 11.9. The Morgan fingerprint density at radius 2 is 2.14 bits per heavy atom. The van der Waals surface area contributed by atoms with E-state index >= 15 is 0 Å². The lowest BCUT2D eigenvalue weighted by atomic mass is 10.2. The van der Waals surface area contributed by atoms with Gasteiger partial charge >= 0.3 is 5.97 Å². The van der Waals surface area contributed by atoms with Crippen LogP contribution in [0.2, 0.25) is 0 Å². The Morgan fingerprint density at radius 3 is 2.64 bits per heavy atom. The molecule has 0 aliphatic rings. The average molecular weight is 202 g/mol. The molecule has 82 valence electrons. The van der Waals surface area contributed by atoms with Crippen molar-refractivity contribution >= 4 is 11.9 Å². The van der Waals surface area contributed by atoms with Crippen LogP contribution in [0, 0.1) is 0 Å². The van der Waals surface area contributed by atoms with Crippen molar-refractivity contribution in [2.75, 3.05) is 13.2 Å². The van der Waals surface area contributed by atoms with Gasteiger partial charge in [-0.3, -0.25) is 9.79 Å². The molecule has 0 rings (SSSR count). The van der Waals surface area contributed by atoms with E-state index in [1.54, 1.807) is 6.92 Å². The summed E-state index contributed by atoms with van der Waals surface area (Å²) in [6, 6.07) is -0.579. The molecule has 0 aliphatic heterocycles. The maximum atomic E-state index is 11.0. The third-order valence-electron chi connectivity index (χ3n) is 1.56. The van der Waals surface area contributed by atoms with Gasteiger partial charge in [0.1, 0.15) is 6.04 Å². The molecule has 0 aliphatic carbocycles. The average Bonchev–Trinajstić information content (AvgIpc) is 2.12. The molecule has 0 radical (unpaired) electrons. The lowest BCUT2D eigenvalue weighted by Crippen LogP contribution is -2.32. The van der Waals surface area contributed by atoms with Crippen molar-refractivity contribution in [2.24, 2.45) is 22.2 Å². The van der Waals surface area contributed by atoms with E-state index in [9.17, 15) is 4.79 Å². The fourth-order valence-corrected chi connectivity index (χ4v) is 0.887. The summed E-state index contributed by atoms with van der Waals surface area (Å²) in [7, 11) is 0. The van der Waals surface area contributed by atoms with E-state index in [1.165, 1.54) is 0 Å². The third kappa shape index (κ3) is 6.24. The number of rotatable bonds is 6. The first-order valence-corrected chi connectivity index (χ1v) is 4.55. The van der Waals surface area contributed by atoms with Gasteiger partial charge in [-0.25, -0.2) is 0 Å². The van der Waals surface area contributed by atoms with Crippen LogP contribution in [0.5, 0.6) is 0 Å². The molecule has 0 aromatic rings. The zero-order valence-electron chi connectivity index (χ0n) is 8.40. The smallest absolute Gasteiger partial charge is 0.322 e. The van der Waals surface area contributed by atoms with Crippen molar-refractivity contribution in [3.63, 3.8) is 0 Å². The van der Waals surface area contributed by atoms with E-state index in [1.807, 2.05) is 0 Å².